The maximum atomic E-state index is 12.6. The van der Waals surface area contributed by atoms with E-state index in [1.165, 1.54) is 17.9 Å². The predicted molar refractivity (Wildman–Crippen MR) is 86.6 cm³/mol. The van der Waals surface area contributed by atoms with E-state index in [2.05, 4.69) is 20.8 Å². The number of hydrogen-bond acceptors (Lipinski definition) is 5. The zero-order chi connectivity index (χ0) is 19.6. The number of hydrazine groups is 1. The summed E-state index contributed by atoms with van der Waals surface area (Å²) < 4.78 is 39.3. The Morgan fingerprint density at radius 3 is 2.50 bits per heavy atom. The van der Waals surface area contributed by atoms with Crippen molar-refractivity contribution in [1.29, 1.82) is 0 Å². The van der Waals surface area contributed by atoms with E-state index >= 15 is 0 Å². The second kappa shape index (κ2) is 7.20. The number of nitrogens with zero attached hydrogens (tertiary/aromatic N) is 4. The number of hydrogen-bond donors (Lipinski definition) is 2. The summed E-state index contributed by atoms with van der Waals surface area (Å²) in [6.07, 6.45) is -2.57. The minimum Gasteiger partial charge on any atom is -0.275 e. The number of pyridine rings is 1. The molecule has 2 rings (SSSR count). The van der Waals surface area contributed by atoms with Crippen molar-refractivity contribution in [1.82, 2.24) is 25.5 Å². The molecule has 0 aromatic carbocycles. The number of alkyl halides is 3. The van der Waals surface area contributed by atoms with Gasteiger partial charge in [-0.25, -0.2) is 15.2 Å². The molecule has 0 radical (unpaired) electrons. The fourth-order valence-corrected chi connectivity index (χ4v) is 2.35. The highest BCUT2D eigenvalue weighted by Gasteiger charge is 2.32. The average molecular weight is 391 g/mol. The predicted octanol–water partition coefficient (Wildman–Crippen LogP) is 2.29. The van der Waals surface area contributed by atoms with Gasteiger partial charge in [0.15, 0.2) is 5.82 Å². The molecule has 2 heterocycles. The monoisotopic (exact) mass is 390 g/mol. The molecule has 8 nitrogen and oxygen atoms in total. The Balaban J connectivity index is 2.05. The van der Waals surface area contributed by atoms with Gasteiger partial charge in [0, 0.05) is 26.5 Å². The van der Waals surface area contributed by atoms with Crippen molar-refractivity contribution >= 4 is 29.4 Å². The van der Waals surface area contributed by atoms with E-state index in [9.17, 15) is 22.8 Å². The molecule has 0 unspecified atom stereocenters. The number of imide groups is 1. The molecule has 0 aliphatic rings. The van der Waals surface area contributed by atoms with Crippen LogP contribution in [-0.2, 0) is 13.2 Å². The summed E-state index contributed by atoms with van der Waals surface area (Å²) in [5, 5.41) is 6.72. The first-order valence-electron chi connectivity index (χ1n) is 7.07. The van der Waals surface area contributed by atoms with Gasteiger partial charge in [-0.1, -0.05) is 11.6 Å². The third kappa shape index (κ3) is 4.42. The minimum absolute atomic E-state index is 0.125. The molecule has 0 spiro atoms. The summed E-state index contributed by atoms with van der Waals surface area (Å²) in [5.74, 6) is -0.812. The zero-order valence-electron chi connectivity index (χ0n) is 13.8. The van der Waals surface area contributed by atoms with Gasteiger partial charge >= 0.3 is 12.2 Å². The molecule has 2 aromatic heterocycles. The highest BCUT2D eigenvalue weighted by atomic mass is 35.5. The fourth-order valence-electron chi connectivity index (χ4n) is 2.06. The van der Waals surface area contributed by atoms with Crippen LogP contribution in [0.5, 0.6) is 0 Å². The molecule has 12 heteroatoms. The SMILES string of the molecule is Cc1nn(C)cc1C(=O)NC(=O)NN(C)c1ncc(C(F)(F)F)cc1Cl. The maximum absolute atomic E-state index is 12.6. The number of amides is 3. The molecule has 0 aliphatic carbocycles. The quantitative estimate of drug-likeness (QED) is 0.784. The molecule has 2 aromatic rings. The van der Waals surface area contributed by atoms with E-state index in [1.54, 1.807) is 14.0 Å². The molecule has 0 fully saturated rings. The van der Waals surface area contributed by atoms with Crippen LogP contribution in [0.15, 0.2) is 18.5 Å². The van der Waals surface area contributed by atoms with E-state index in [0.717, 1.165) is 5.01 Å². The first-order valence-corrected chi connectivity index (χ1v) is 7.45. The molecule has 0 aliphatic heterocycles. The van der Waals surface area contributed by atoms with Gasteiger partial charge in [0.2, 0.25) is 0 Å². The van der Waals surface area contributed by atoms with Crippen LogP contribution in [0.4, 0.5) is 23.8 Å². The van der Waals surface area contributed by atoms with Crippen molar-refractivity contribution in [3.8, 4) is 0 Å². The molecule has 0 atom stereocenters. The number of urea groups is 1. The number of carbonyl (C=O) groups excluding carboxylic acids is 2. The Labute approximate surface area is 150 Å². The van der Waals surface area contributed by atoms with Crippen molar-refractivity contribution in [2.75, 3.05) is 12.1 Å². The van der Waals surface area contributed by atoms with Crippen LogP contribution in [-0.4, -0.2) is 33.8 Å². The Morgan fingerprint density at radius 2 is 2.00 bits per heavy atom. The van der Waals surface area contributed by atoms with Crippen molar-refractivity contribution in [3.63, 3.8) is 0 Å². The van der Waals surface area contributed by atoms with Crippen molar-refractivity contribution in [2.45, 2.75) is 13.1 Å². The van der Waals surface area contributed by atoms with Crippen LogP contribution in [0.1, 0.15) is 21.6 Å². The lowest BCUT2D eigenvalue weighted by molar-refractivity contribution is -0.137. The van der Waals surface area contributed by atoms with Crippen LogP contribution >= 0.6 is 11.6 Å². The summed E-state index contributed by atoms with van der Waals surface area (Å²) in [6, 6.07) is -0.233. The number of carbonyl (C=O) groups is 2. The molecule has 26 heavy (non-hydrogen) atoms. The lowest BCUT2D eigenvalue weighted by atomic mass is 10.2. The third-order valence-electron chi connectivity index (χ3n) is 3.22. The van der Waals surface area contributed by atoms with Gasteiger partial charge in [-0.2, -0.15) is 18.3 Å². The standard InChI is InChI=1S/C14H14ClF3N6O2/c1-7-9(6-23(2)21-7)12(25)20-13(26)22-24(3)11-10(15)4-8(5-19-11)14(16,17)18/h4-6H,1-3H3,(H2,20,22,25,26). The molecule has 3 amide bonds. The first-order chi connectivity index (χ1) is 12.0. The van der Waals surface area contributed by atoms with Crippen LogP contribution < -0.4 is 15.8 Å². The summed E-state index contributed by atoms with van der Waals surface area (Å²) >= 11 is 5.79. The van der Waals surface area contributed by atoms with Crippen LogP contribution in [0.25, 0.3) is 0 Å². The topological polar surface area (TPSA) is 92.1 Å². The van der Waals surface area contributed by atoms with Gasteiger partial charge < -0.3 is 0 Å². The molecular weight excluding hydrogens is 377 g/mol. The number of nitrogens with one attached hydrogen (secondary N) is 2. The fraction of sp³-hybridized carbons (Fsp3) is 0.286. The second-order valence-electron chi connectivity index (χ2n) is 5.28. The molecule has 2 N–H and O–H groups in total. The summed E-state index contributed by atoms with van der Waals surface area (Å²) in [4.78, 5) is 27.5. The number of rotatable bonds is 3. The van der Waals surface area contributed by atoms with Crippen molar-refractivity contribution in [3.05, 3.63) is 40.3 Å². The lowest BCUT2D eigenvalue weighted by Gasteiger charge is -2.20. The van der Waals surface area contributed by atoms with Gasteiger partial charge in [-0.05, 0) is 13.0 Å². The third-order valence-corrected chi connectivity index (χ3v) is 3.50. The van der Waals surface area contributed by atoms with Crippen LogP contribution in [0.3, 0.4) is 0 Å². The second-order valence-corrected chi connectivity index (χ2v) is 5.69. The molecular formula is C14H14ClF3N6O2. The van der Waals surface area contributed by atoms with Gasteiger partial charge in [0.25, 0.3) is 5.91 Å². The molecule has 0 saturated carbocycles. The highest BCUT2D eigenvalue weighted by Crippen LogP contribution is 2.32. The van der Waals surface area contributed by atoms with Crippen molar-refractivity contribution in [2.24, 2.45) is 7.05 Å². The van der Waals surface area contributed by atoms with Crippen LogP contribution in [0.2, 0.25) is 5.02 Å². The van der Waals surface area contributed by atoms with Gasteiger partial charge in [-0.3, -0.25) is 19.8 Å². The molecule has 140 valence electrons. The van der Waals surface area contributed by atoms with Crippen LogP contribution in [0, 0.1) is 6.92 Å². The Hall–Kier alpha value is -2.82. The zero-order valence-corrected chi connectivity index (χ0v) is 14.6. The maximum Gasteiger partial charge on any atom is 0.417 e. The Morgan fingerprint density at radius 1 is 1.35 bits per heavy atom. The van der Waals surface area contributed by atoms with E-state index in [0.29, 0.717) is 18.0 Å². The summed E-state index contributed by atoms with van der Waals surface area (Å²) in [6.45, 7) is 1.60. The highest BCUT2D eigenvalue weighted by molar-refractivity contribution is 6.33. The van der Waals surface area contributed by atoms with Crippen molar-refractivity contribution < 1.29 is 22.8 Å². The Kier molecular flexibility index (Phi) is 5.40. The first kappa shape index (κ1) is 19.5. The summed E-state index contributed by atoms with van der Waals surface area (Å²) in [7, 11) is 2.93. The largest absolute Gasteiger partial charge is 0.417 e. The number of anilines is 1. The number of halogens is 4. The number of aryl methyl sites for hydroxylation is 2. The molecule has 0 saturated heterocycles. The van der Waals surface area contributed by atoms with E-state index in [4.69, 9.17) is 11.6 Å². The smallest absolute Gasteiger partial charge is 0.275 e. The van der Waals surface area contributed by atoms with Gasteiger partial charge in [-0.15, -0.1) is 0 Å². The van der Waals surface area contributed by atoms with E-state index in [-0.39, 0.29) is 16.4 Å². The van der Waals surface area contributed by atoms with E-state index in [1.807, 2.05) is 0 Å². The minimum atomic E-state index is -4.59. The van der Waals surface area contributed by atoms with E-state index < -0.39 is 23.7 Å². The normalized spacial score (nSPS) is 11.2. The average Bonchev–Trinajstić information content (AvgIpc) is 2.84. The summed E-state index contributed by atoms with van der Waals surface area (Å²) in [5.41, 5.74) is 1.84. The molecule has 0 bridgehead atoms. The lowest BCUT2D eigenvalue weighted by Crippen LogP contribution is -2.47. The van der Waals surface area contributed by atoms with Gasteiger partial charge in [0.1, 0.15) is 0 Å². The Bertz CT molecular complexity index is 852. The van der Waals surface area contributed by atoms with Gasteiger partial charge in [0.05, 0.1) is 21.8 Å². The number of aromatic nitrogens is 3.